The van der Waals surface area contributed by atoms with Crippen molar-refractivity contribution in [2.75, 3.05) is 48.3 Å². The summed E-state index contributed by atoms with van der Waals surface area (Å²) in [6.45, 7) is 0.861. The predicted molar refractivity (Wildman–Crippen MR) is 83.0 cm³/mol. The van der Waals surface area contributed by atoms with Gasteiger partial charge in [0.25, 0.3) is 0 Å². The molecule has 0 aliphatic rings. The molecule has 2 amide bonds. The highest BCUT2D eigenvalue weighted by Crippen LogP contribution is 1.73. The molecule has 0 unspecified atom stereocenters. The molecule has 0 aromatic heterocycles. The lowest BCUT2D eigenvalue weighted by Crippen LogP contribution is -2.30. The number of rotatable bonds is 4. The van der Waals surface area contributed by atoms with Crippen molar-refractivity contribution in [1.29, 1.82) is 0 Å². The first-order valence-corrected chi connectivity index (χ1v) is 6.71. The average molecular weight is 315 g/mol. The monoisotopic (exact) mass is 314 g/mol. The van der Waals surface area contributed by atoms with E-state index in [1.165, 1.54) is 0 Å². The smallest absolute Gasteiger partial charge is 0.243 e. The molecular weight excluding hydrogens is 292 g/mol. The Morgan fingerprint density at radius 3 is 1.44 bits per heavy atom. The summed E-state index contributed by atoms with van der Waals surface area (Å²) >= 11 is 10.9. The van der Waals surface area contributed by atoms with Crippen molar-refractivity contribution in [3.8, 4) is 0 Å². The zero-order valence-corrected chi connectivity index (χ0v) is 13.9. The zero-order chi connectivity index (χ0) is 15.1. The van der Waals surface area contributed by atoms with E-state index in [0.717, 1.165) is 0 Å². The lowest BCUT2D eigenvalue weighted by Gasteiger charge is -2.05. The Labute approximate surface area is 125 Å². The third kappa shape index (κ3) is 24.7. The Bertz CT molecular complexity index is 206. The molecule has 0 aliphatic carbocycles. The highest BCUT2D eigenvalue weighted by molar-refractivity contribution is 8.07. The summed E-state index contributed by atoms with van der Waals surface area (Å²) in [5.41, 5.74) is 0. The number of hydrogen-bond donors (Lipinski definition) is 3. The van der Waals surface area contributed by atoms with Crippen LogP contribution in [0.2, 0.25) is 0 Å². The summed E-state index contributed by atoms with van der Waals surface area (Å²) in [7, 11) is 8.99. The summed E-state index contributed by atoms with van der Waals surface area (Å²) in [5.74, 6) is -0.0340. The second-order valence-corrected chi connectivity index (χ2v) is 3.91. The van der Waals surface area contributed by atoms with E-state index in [4.69, 9.17) is 0 Å². The van der Waals surface area contributed by atoms with E-state index >= 15 is 0 Å². The minimum atomic E-state index is -0.0849. The molecule has 0 heterocycles. The van der Waals surface area contributed by atoms with Gasteiger partial charge in [-0.15, -0.1) is 0 Å². The highest BCUT2D eigenvalue weighted by atomic mass is 32.8. The van der Waals surface area contributed by atoms with Gasteiger partial charge in [-0.1, -0.05) is 12.8 Å². The Morgan fingerprint density at radius 1 is 1.00 bits per heavy atom. The first kappa shape index (κ1) is 22.8. The van der Waals surface area contributed by atoms with Crippen LogP contribution < -0.4 is 10.0 Å². The second-order valence-electron chi connectivity index (χ2n) is 3.68. The van der Waals surface area contributed by atoms with E-state index in [0.29, 0.717) is 13.1 Å². The van der Waals surface area contributed by atoms with Crippen molar-refractivity contribution in [3.05, 3.63) is 0 Å². The minimum Gasteiger partial charge on any atom is -0.358 e. The number of carbonyl (C=O) groups excluding carboxylic acids is 2. The summed E-state index contributed by atoms with van der Waals surface area (Å²) in [6.07, 6.45) is 0. The standard InChI is InChI=1S/C5H12N2O.C4H10N2OS.S2/c1-6-5(8)4-7(2)3;1-6(2)3-4(7)5-8;1-2/h4H2,1-3H3,(H,6,8);8H,3H2,1-2H3,(H,5,7);. The van der Waals surface area contributed by atoms with Crippen LogP contribution in [0, 0.1) is 0 Å². The fourth-order valence-corrected chi connectivity index (χ4v) is 0.760. The Hall–Kier alpha value is -0.350. The number of thiol groups is 1. The molecular formula is C9H22N4O2S3. The predicted octanol–water partition coefficient (Wildman–Crippen LogP) is -1.20. The lowest BCUT2D eigenvalue weighted by atomic mass is 10.5. The summed E-state index contributed by atoms with van der Waals surface area (Å²) < 4.78 is 2.21. The van der Waals surface area contributed by atoms with E-state index in [1.807, 2.05) is 33.1 Å². The molecule has 108 valence electrons. The molecule has 9 heteroatoms. The van der Waals surface area contributed by atoms with E-state index in [9.17, 15) is 9.59 Å². The molecule has 0 spiro atoms. The van der Waals surface area contributed by atoms with Gasteiger partial charge < -0.3 is 19.8 Å². The maximum absolute atomic E-state index is 10.5. The average Bonchev–Trinajstić information content (AvgIpc) is 2.30. The van der Waals surface area contributed by atoms with Crippen LogP contribution in [-0.2, 0) is 32.0 Å². The molecule has 0 radical (unpaired) electrons. The molecule has 0 aliphatic heterocycles. The molecule has 18 heavy (non-hydrogen) atoms. The van der Waals surface area contributed by atoms with Gasteiger partial charge in [-0.05, 0) is 28.2 Å². The Balaban J connectivity index is -0.000000219. The molecule has 0 fully saturated rings. The molecule has 0 bridgehead atoms. The SMILES string of the molecule is CN(C)CC(=O)NS.CNC(=O)CN(C)C.S=S. The molecule has 0 aromatic carbocycles. The first-order chi connectivity index (χ1) is 8.33. The zero-order valence-electron chi connectivity index (χ0n) is 11.4. The summed E-state index contributed by atoms with van der Waals surface area (Å²) in [4.78, 5) is 24.5. The van der Waals surface area contributed by atoms with Gasteiger partial charge in [0.05, 0.1) is 13.1 Å². The number of likely N-dealkylation sites (N-methyl/N-ethyl adjacent to an activating group) is 3. The maximum atomic E-state index is 10.5. The van der Waals surface area contributed by atoms with E-state index in [1.54, 1.807) is 11.9 Å². The first-order valence-electron chi connectivity index (χ1n) is 4.93. The number of hydrogen-bond acceptors (Lipinski definition) is 7. The van der Waals surface area contributed by atoms with Crippen molar-refractivity contribution >= 4 is 47.0 Å². The minimum absolute atomic E-state index is 0.0509. The quantitative estimate of drug-likeness (QED) is 0.567. The van der Waals surface area contributed by atoms with Gasteiger partial charge in [-0.25, -0.2) is 0 Å². The molecule has 6 nitrogen and oxygen atoms in total. The number of amides is 2. The van der Waals surface area contributed by atoms with Crippen LogP contribution >= 0.6 is 12.8 Å². The second kappa shape index (κ2) is 16.6. The third-order valence-electron chi connectivity index (χ3n) is 1.32. The van der Waals surface area contributed by atoms with Crippen LogP contribution in [0.3, 0.4) is 0 Å². The van der Waals surface area contributed by atoms with Gasteiger partial charge in [0, 0.05) is 29.4 Å². The fourth-order valence-electron chi connectivity index (χ4n) is 0.689. The van der Waals surface area contributed by atoms with Gasteiger partial charge in [0.15, 0.2) is 0 Å². The maximum Gasteiger partial charge on any atom is 0.243 e. The molecule has 0 rings (SSSR count). The van der Waals surface area contributed by atoms with Gasteiger partial charge in [0.1, 0.15) is 0 Å². The number of nitrogens with one attached hydrogen (secondary N) is 2. The fraction of sp³-hybridized carbons (Fsp3) is 0.778. The van der Waals surface area contributed by atoms with Crippen LogP contribution in [-0.4, -0.2) is 69.9 Å². The molecule has 0 saturated carbocycles. The van der Waals surface area contributed by atoms with Gasteiger partial charge in [0.2, 0.25) is 11.8 Å². The lowest BCUT2D eigenvalue weighted by molar-refractivity contribution is -0.121. The van der Waals surface area contributed by atoms with Crippen molar-refractivity contribution in [3.63, 3.8) is 0 Å². The van der Waals surface area contributed by atoms with Crippen LogP contribution in [0.15, 0.2) is 0 Å². The van der Waals surface area contributed by atoms with Gasteiger partial charge in [-0.2, -0.15) is 0 Å². The van der Waals surface area contributed by atoms with Crippen LogP contribution in [0.1, 0.15) is 0 Å². The van der Waals surface area contributed by atoms with Crippen molar-refractivity contribution in [2.45, 2.75) is 0 Å². The highest BCUT2D eigenvalue weighted by Gasteiger charge is 1.97. The normalized spacial score (nSPS) is 8.67. The molecule has 0 atom stereocenters. The topological polar surface area (TPSA) is 64.7 Å². The van der Waals surface area contributed by atoms with Crippen molar-refractivity contribution in [1.82, 2.24) is 19.8 Å². The van der Waals surface area contributed by atoms with E-state index < -0.39 is 0 Å². The van der Waals surface area contributed by atoms with E-state index in [-0.39, 0.29) is 11.8 Å². The molecule has 0 saturated heterocycles. The Morgan fingerprint density at radius 2 is 1.33 bits per heavy atom. The summed E-state index contributed by atoms with van der Waals surface area (Å²) in [6, 6.07) is 0. The molecule has 0 aromatic rings. The van der Waals surface area contributed by atoms with Crippen molar-refractivity contribution < 1.29 is 9.59 Å². The van der Waals surface area contributed by atoms with Crippen LogP contribution in [0.5, 0.6) is 0 Å². The van der Waals surface area contributed by atoms with Crippen LogP contribution in [0.4, 0.5) is 0 Å². The molecule has 2 N–H and O–H groups in total. The third-order valence-corrected chi connectivity index (χ3v) is 1.57. The Kier molecular flexibility index (Phi) is 21.1. The van der Waals surface area contributed by atoms with Gasteiger partial charge >= 0.3 is 0 Å². The van der Waals surface area contributed by atoms with E-state index in [2.05, 4.69) is 45.2 Å². The largest absolute Gasteiger partial charge is 0.358 e. The number of carbonyl (C=O) groups is 2. The van der Waals surface area contributed by atoms with Gasteiger partial charge in [-0.3, -0.25) is 9.59 Å². The van der Waals surface area contributed by atoms with Crippen LogP contribution in [0.25, 0.3) is 0 Å². The van der Waals surface area contributed by atoms with Crippen molar-refractivity contribution in [2.24, 2.45) is 0 Å². The number of nitrogens with zero attached hydrogens (tertiary/aromatic N) is 2. The summed E-state index contributed by atoms with van der Waals surface area (Å²) in [5, 5.41) is 2.52.